The highest BCUT2D eigenvalue weighted by atomic mass is 16.3. The van der Waals surface area contributed by atoms with Crippen molar-refractivity contribution in [1.29, 1.82) is 0 Å². The molecule has 116 valence electrons. The normalized spacial score (nSPS) is 16.0. The number of carbonyl (C=O) groups is 1. The molecule has 1 fully saturated rings. The van der Waals surface area contributed by atoms with Crippen molar-refractivity contribution in [3.63, 3.8) is 0 Å². The second-order valence-corrected chi connectivity index (χ2v) is 5.81. The van der Waals surface area contributed by atoms with Crippen molar-refractivity contribution in [2.75, 3.05) is 19.7 Å². The number of nitrogens with zero attached hydrogens (tertiary/aromatic N) is 3. The summed E-state index contributed by atoms with van der Waals surface area (Å²) in [5.74, 6) is 0.369. The van der Waals surface area contributed by atoms with E-state index in [4.69, 9.17) is 0 Å². The van der Waals surface area contributed by atoms with Crippen LogP contribution in [0, 0.1) is 12.8 Å². The van der Waals surface area contributed by atoms with Crippen molar-refractivity contribution in [1.82, 2.24) is 14.7 Å². The molecular weight excluding hydrogens is 278 g/mol. The molecule has 3 rings (SSSR count). The molecule has 2 heterocycles. The van der Waals surface area contributed by atoms with Crippen LogP contribution in [0.4, 0.5) is 0 Å². The number of aromatic nitrogens is 2. The summed E-state index contributed by atoms with van der Waals surface area (Å²) in [5, 5.41) is 13.6. The van der Waals surface area contributed by atoms with E-state index in [2.05, 4.69) is 5.10 Å². The number of amides is 1. The van der Waals surface area contributed by atoms with Crippen LogP contribution < -0.4 is 0 Å². The number of likely N-dealkylation sites (tertiary alicyclic amines) is 1. The third kappa shape index (κ3) is 2.76. The second kappa shape index (κ2) is 6.32. The molecule has 0 bridgehead atoms. The fraction of sp³-hybridized carbons (Fsp3) is 0.412. The van der Waals surface area contributed by atoms with Crippen molar-refractivity contribution in [2.45, 2.75) is 19.8 Å². The Balaban J connectivity index is 1.78. The summed E-state index contributed by atoms with van der Waals surface area (Å²) in [7, 11) is 0. The topological polar surface area (TPSA) is 58.4 Å². The van der Waals surface area contributed by atoms with Gasteiger partial charge in [-0.15, -0.1) is 0 Å². The zero-order valence-corrected chi connectivity index (χ0v) is 12.8. The molecule has 0 saturated carbocycles. The Morgan fingerprint density at radius 3 is 2.59 bits per heavy atom. The first-order valence-electron chi connectivity index (χ1n) is 7.71. The Morgan fingerprint density at radius 2 is 1.95 bits per heavy atom. The standard InChI is InChI=1S/C17H21N3O2/c1-13-16(11-18-20(13)15-5-3-2-4-6-15)17(22)19-9-7-14(12-21)8-10-19/h2-6,11,14,21H,7-10,12H2,1H3. The lowest BCUT2D eigenvalue weighted by Gasteiger charge is -2.31. The van der Waals surface area contributed by atoms with Crippen LogP contribution >= 0.6 is 0 Å². The van der Waals surface area contributed by atoms with Crippen LogP contribution in [-0.2, 0) is 0 Å². The lowest BCUT2D eigenvalue weighted by Crippen LogP contribution is -2.39. The molecule has 0 unspecified atom stereocenters. The fourth-order valence-corrected chi connectivity index (χ4v) is 2.94. The Morgan fingerprint density at radius 1 is 1.27 bits per heavy atom. The molecule has 22 heavy (non-hydrogen) atoms. The lowest BCUT2D eigenvalue weighted by molar-refractivity contribution is 0.0650. The Labute approximate surface area is 130 Å². The highest BCUT2D eigenvalue weighted by Gasteiger charge is 2.25. The molecule has 2 aromatic rings. The fourth-order valence-electron chi connectivity index (χ4n) is 2.94. The SMILES string of the molecule is Cc1c(C(=O)N2CCC(CO)CC2)cnn1-c1ccccc1. The van der Waals surface area contributed by atoms with Gasteiger partial charge in [-0.05, 0) is 37.8 Å². The van der Waals surface area contributed by atoms with Gasteiger partial charge in [0.15, 0.2) is 0 Å². The number of aliphatic hydroxyl groups is 1. The Bertz CT molecular complexity index is 643. The molecule has 1 aromatic carbocycles. The Hall–Kier alpha value is -2.14. The first kappa shape index (κ1) is 14.8. The molecule has 5 heteroatoms. The summed E-state index contributed by atoms with van der Waals surface area (Å²) >= 11 is 0. The highest BCUT2D eigenvalue weighted by molar-refractivity contribution is 5.95. The molecule has 0 spiro atoms. The minimum atomic E-state index is 0.0380. The molecule has 0 radical (unpaired) electrons. The van der Waals surface area contributed by atoms with Gasteiger partial charge in [-0.2, -0.15) is 5.10 Å². The van der Waals surface area contributed by atoms with Gasteiger partial charge in [0, 0.05) is 19.7 Å². The van der Waals surface area contributed by atoms with Gasteiger partial charge in [0.05, 0.1) is 23.1 Å². The second-order valence-electron chi connectivity index (χ2n) is 5.81. The van der Waals surface area contributed by atoms with E-state index in [1.54, 1.807) is 10.9 Å². The summed E-state index contributed by atoms with van der Waals surface area (Å²) in [6.45, 7) is 3.56. The molecule has 1 aliphatic heterocycles. The van der Waals surface area contributed by atoms with Crippen LogP contribution in [0.25, 0.3) is 5.69 Å². The van der Waals surface area contributed by atoms with Gasteiger partial charge < -0.3 is 10.0 Å². The minimum absolute atomic E-state index is 0.0380. The number of hydrogen-bond acceptors (Lipinski definition) is 3. The van der Waals surface area contributed by atoms with Crippen molar-refractivity contribution >= 4 is 5.91 Å². The summed E-state index contributed by atoms with van der Waals surface area (Å²) in [6, 6.07) is 9.82. The zero-order chi connectivity index (χ0) is 15.5. The monoisotopic (exact) mass is 299 g/mol. The molecule has 0 aliphatic carbocycles. The maximum absolute atomic E-state index is 12.7. The number of carbonyl (C=O) groups excluding carboxylic acids is 1. The zero-order valence-electron chi connectivity index (χ0n) is 12.8. The van der Waals surface area contributed by atoms with Gasteiger partial charge in [0.25, 0.3) is 5.91 Å². The smallest absolute Gasteiger partial charge is 0.257 e. The number of para-hydroxylation sites is 1. The van der Waals surface area contributed by atoms with Gasteiger partial charge in [0.2, 0.25) is 0 Å². The molecule has 5 nitrogen and oxygen atoms in total. The van der Waals surface area contributed by atoms with Crippen LogP contribution in [0.5, 0.6) is 0 Å². The van der Waals surface area contributed by atoms with Gasteiger partial charge in [-0.3, -0.25) is 4.79 Å². The average Bonchev–Trinajstić information content (AvgIpc) is 2.96. The molecule has 0 atom stereocenters. The van der Waals surface area contributed by atoms with Crippen LogP contribution in [-0.4, -0.2) is 45.4 Å². The van der Waals surface area contributed by atoms with Gasteiger partial charge in [0.1, 0.15) is 0 Å². The van der Waals surface area contributed by atoms with E-state index in [0.717, 1.165) is 24.2 Å². The lowest BCUT2D eigenvalue weighted by atomic mass is 9.97. The third-order valence-electron chi connectivity index (χ3n) is 4.40. The molecule has 1 saturated heterocycles. The van der Waals surface area contributed by atoms with E-state index >= 15 is 0 Å². The summed E-state index contributed by atoms with van der Waals surface area (Å²) in [4.78, 5) is 14.5. The summed E-state index contributed by atoms with van der Waals surface area (Å²) < 4.78 is 1.80. The molecule has 1 aromatic heterocycles. The van der Waals surface area contributed by atoms with Crippen molar-refractivity contribution in [2.24, 2.45) is 5.92 Å². The first-order chi connectivity index (χ1) is 10.7. The molecule has 1 aliphatic rings. The summed E-state index contributed by atoms with van der Waals surface area (Å²) in [5.41, 5.74) is 2.48. The summed E-state index contributed by atoms with van der Waals surface area (Å²) in [6.07, 6.45) is 3.39. The van der Waals surface area contributed by atoms with Crippen LogP contribution in [0.1, 0.15) is 28.9 Å². The quantitative estimate of drug-likeness (QED) is 0.943. The largest absolute Gasteiger partial charge is 0.396 e. The van der Waals surface area contributed by atoms with Crippen molar-refractivity contribution in [3.05, 3.63) is 47.8 Å². The van der Waals surface area contributed by atoms with Crippen LogP contribution in [0.2, 0.25) is 0 Å². The predicted octanol–water partition coefficient (Wildman–Crippen LogP) is 2.03. The van der Waals surface area contributed by atoms with Gasteiger partial charge in [-0.1, -0.05) is 18.2 Å². The van der Waals surface area contributed by atoms with Gasteiger partial charge in [-0.25, -0.2) is 4.68 Å². The molecule has 1 N–H and O–H groups in total. The van der Waals surface area contributed by atoms with E-state index in [1.807, 2.05) is 42.2 Å². The number of benzene rings is 1. The highest BCUT2D eigenvalue weighted by Crippen LogP contribution is 2.21. The van der Waals surface area contributed by atoms with Crippen LogP contribution in [0.15, 0.2) is 36.5 Å². The van der Waals surface area contributed by atoms with Crippen molar-refractivity contribution < 1.29 is 9.90 Å². The maximum Gasteiger partial charge on any atom is 0.257 e. The average molecular weight is 299 g/mol. The Kier molecular flexibility index (Phi) is 4.24. The van der Waals surface area contributed by atoms with E-state index in [1.165, 1.54) is 0 Å². The number of rotatable bonds is 3. The first-order valence-corrected chi connectivity index (χ1v) is 7.71. The van der Waals surface area contributed by atoms with E-state index in [0.29, 0.717) is 24.6 Å². The number of piperidine rings is 1. The van der Waals surface area contributed by atoms with E-state index in [9.17, 15) is 9.90 Å². The van der Waals surface area contributed by atoms with E-state index < -0.39 is 0 Å². The molecular formula is C17H21N3O2. The predicted molar refractivity (Wildman–Crippen MR) is 84.0 cm³/mol. The van der Waals surface area contributed by atoms with E-state index in [-0.39, 0.29) is 12.5 Å². The van der Waals surface area contributed by atoms with Gasteiger partial charge >= 0.3 is 0 Å². The number of hydrogen-bond donors (Lipinski definition) is 1. The minimum Gasteiger partial charge on any atom is -0.396 e. The molecule has 1 amide bonds. The van der Waals surface area contributed by atoms with Crippen LogP contribution in [0.3, 0.4) is 0 Å². The maximum atomic E-state index is 12.7. The third-order valence-corrected chi connectivity index (χ3v) is 4.40. The van der Waals surface area contributed by atoms with Crippen molar-refractivity contribution in [3.8, 4) is 5.69 Å². The number of aliphatic hydroxyl groups excluding tert-OH is 1.